The van der Waals surface area contributed by atoms with Crippen LogP contribution in [0.2, 0.25) is 0 Å². The molecule has 2 rings (SSSR count). The zero-order chi connectivity index (χ0) is 32.6. The number of aromatic hydroxyl groups is 1. The number of phenolic OH excluding ortho intramolecular Hbond substituents is 1. The second-order valence-corrected chi connectivity index (χ2v) is 11.7. The van der Waals surface area contributed by atoms with E-state index in [-0.39, 0.29) is 74.3 Å². The molecule has 7 amide bonds. The van der Waals surface area contributed by atoms with Crippen molar-refractivity contribution in [2.75, 3.05) is 18.8 Å². The Kier molecular flexibility index (Phi) is 15.2. The van der Waals surface area contributed by atoms with Crippen LogP contribution in [0.25, 0.3) is 0 Å². The summed E-state index contributed by atoms with van der Waals surface area (Å²) in [4.78, 5) is 85.8. The quantitative estimate of drug-likeness (QED) is 0.0808. The van der Waals surface area contributed by atoms with Gasteiger partial charge in [-0.3, -0.25) is 38.5 Å². The number of thioether (sulfide) groups is 1. The summed E-state index contributed by atoms with van der Waals surface area (Å²) in [5.74, 6) is -2.85. The van der Waals surface area contributed by atoms with Crippen LogP contribution in [0.5, 0.6) is 5.75 Å². The van der Waals surface area contributed by atoms with Gasteiger partial charge in [0.15, 0.2) is 0 Å². The zero-order valence-electron chi connectivity index (χ0n) is 24.8. The van der Waals surface area contributed by atoms with E-state index in [4.69, 9.17) is 11.5 Å². The molecule has 0 radical (unpaired) electrons. The number of amides is 7. The van der Waals surface area contributed by atoms with Crippen LogP contribution in [-0.2, 0) is 40.0 Å². The third kappa shape index (κ3) is 12.6. The zero-order valence-corrected chi connectivity index (χ0v) is 25.7. The van der Waals surface area contributed by atoms with Gasteiger partial charge in [0.05, 0.1) is 5.25 Å². The molecule has 0 aliphatic carbocycles. The minimum atomic E-state index is -0.984. The van der Waals surface area contributed by atoms with Crippen molar-refractivity contribution in [3.05, 3.63) is 29.8 Å². The molecule has 1 heterocycles. The van der Waals surface area contributed by atoms with Gasteiger partial charge < -0.3 is 32.5 Å². The molecule has 0 aromatic heterocycles. The van der Waals surface area contributed by atoms with Gasteiger partial charge >= 0.3 is 0 Å². The summed E-state index contributed by atoms with van der Waals surface area (Å²) >= 11 is 1.12. The number of carbonyl (C=O) groups is 7. The van der Waals surface area contributed by atoms with Crippen molar-refractivity contribution in [1.82, 2.24) is 20.9 Å². The molecular formula is C29H42N6O8S. The smallest absolute Gasteiger partial charge is 0.242 e. The first-order valence-electron chi connectivity index (χ1n) is 14.6. The van der Waals surface area contributed by atoms with E-state index in [9.17, 15) is 38.7 Å². The van der Waals surface area contributed by atoms with E-state index in [1.165, 1.54) is 17.0 Å². The van der Waals surface area contributed by atoms with Gasteiger partial charge in [0.1, 0.15) is 17.8 Å². The molecule has 0 saturated carbocycles. The lowest BCUT2D eigenvalue weighted by atomic mass is 10.0. The van der Waals surface area contributed by atoms with Gasteiger partial charge in [0.25, 0.3) is 0 Å². The third-order valence-electron chi connectivity index (χ3n) is 6.90. The molecule has 242 valence electrons. The first kappa shape index (κ1) is 36.1. The molecule has 1 unspecified atom stereocenters. The maximum atomic E-state index is 12.9. The monoisotopic (exact) mass is 634 g/mol. The number of hydrogen-bond donors (Lipinski definition) is 6. The maximum Gasteiger partial charge on any atom is 0.242 e. The molecule has 44 heavy (non-hydrogen) atoms. The molecule has 1 aliphatic heterocycles. The largest absolute Gasteiger partial charge is 0.508 e. The fraction of sp³-hybridized carbons (Fsp3) is 0.552. The predicted octanol–water partition coefficient (Wildman–Crippen LogP) is -0.398. The molecule has 8 N–H and O–H groups in total. The topological polar surface area (TPSA) is 231 Å². The van der Waals surface area contributed by atoms with Gasteiger partial charge in [-0.1, -0.05) is 18.6 Å². The predicted molar refractivity (Wildman–Crippen MR) is 163 cm³/mol. The number of nitrogens with zero attached hydrogens (tertiary/aromatic N) is 1. The first-order chi connectivity index (χ1) is 20.9. The highest BCUT2D eigenvalue weighted by atomic mass is 32.2. The number of hydrogen-bond acceptors (Lipinski definition) is 9. The van der Waals surface area contributed by atoms with E-state index in [2.05, 4.69) is 16.0 Å². The van der Waals surface area contributed by atoms with E-state index < -0.39 is 41.0 Å². The SMILES string of the molecule is CCN1C(=O)CC(SC[C@H](NC(=O)CCCCCNC(=O)[C@H](Cc2ccc(O)cc2)NC(=O)CCCC(N)=O)C(N)=O)C1=O. The van der Waals surface area contributed by atoms with Crippen molar-refractivity contribution >= 4 is 53.1 Å². The number of nitrogens with two attached hydrogens (primary N) is 2. The highest BCUT2D eigenvalue weighted by Crippen LogP contribution is 2.25. The van der Waals surface area contributed by atoms with Gasteiger partial charge in [-0.05, 0) is 43.9 Å². The minimum absolute atomic E-state index is 0.0372. The summed E-state index contributed by atoms with van der Waals surface area (Å²) in [5, 5.41) is 17.0. The summed E-state index contributed by atoms with van der Waals surface area (Å²) in [5.41, 5.74) is 11.3. The maximum absolute atomic E-state index is 12.9. The lowest BCUT2D eigenvalue weighted by Crippen LogP contribution is -2.48. The fourth-order valence-electron chi connectivity index (χ4n) is 4.48. The van der Waals surface area contributed by atoms with Crippen LogP contribution in [0.4, 0.5) is 0 Å². The molecule has 15 heteroatoms. The number of nitrogens with one attached hydrogen (secondary N) is 3. The number of phenols is 1. The van der Waals surface area contributed by atoms with Crippen LogP contribution < -0.4 is 27.4 Å². The van der Waals surface area contributed by atoms with E-state index >= 15 is 0 Å². The lowest BCUT2D eigenvalue weighted by Gasteiger charge is -2.19. The van der Waals surface area contributed by atoms with Crippen LogP contribution in [0.15, 0.2) is 24.3 Å². The van der Waals surface area contributed by atoms with Crippen LogP contribution in [-0.4, -0.2) is 87.5 Å². The first-order valence-corrected chi connectivity index (χ1v) is 15.6. The van der Waals surface area contributed by atoms with Crippen molar-refractivity contribution < 1.29 is 38.7 Å². The van der Waals surface area contributed by atoms with Gasteiger partial charge in [0.2, 0.25) is 41.4 Å². The summed E-state index contributed by atoms with van der Waals surface area (Å²) in [6.45, 7) is 2.29. The van der Waals surface area contributed by atoms with Gasteiger partial charge in [-0.25, -0.2) is 0 Å². The molecular weight excluding hydrogens is 592 g/mol. The molecule has 1 saturated heterocycles. The van der Waals surface area contributed by atoms with Crippen LogP contribution in [0.3, 0.4) is 0 Å². The van der Waals surface area contributed by atoms with Crippen LogP contribution >= 0.6 is 11.8 Å². The Morgan fingerprint density at radius 3 is 2.16 bits per heavy atom. The lowest BCUT2D eigenvalue weighted by molar-refractivity contribution is -0.138. The Labute approximate surface area is 260 Å². The number of likely N-dealkylation sites (tertiary alicyclic amines) is 1. The minimum Gasteiger partial charge on any atom is -0.508 e. The Morgan fingerprint density at radius 1 is 0.932 bits per heavy atom. The molecule has 1 fully saturated rings. The Morgan fingerprint density at radius 2 is 1.57 bits per heavy atom. The summed E-state index contributed by atoms with van der Waals surface area (Å²) in [6.07, 6.45) is 2.35. The van der Waals surface area contributed by atoms with Gasteiger partial charge in [0, 0.05) is 50.9 Å². The standard InChI is InChI=1S/C29H42N6O8S/c1-2-35-26(40)16-22(29(35)43)44-17-21(27(31)41)34-24(38)8-4-3-5-14-32-28(42)20(15-18-10-12-19(36)13-11-18)33-25(39)9-6-7-23(30)37/h10-13,20-22,36H,2-9,14-17H2,1H3,(H2,30,37)(H2,31,41)(H,32,42)(H,33,39)(H,34,38)/t20-,21-,22?/m0/s1. The highest BCUT2D eigenvalue weighted by molar-refractivity contribution is 8.00. The number of benzene rings is 1. The van der Waals surface area contributed by atoms with Crippen LogP contribution in [0, 0.1) is 0 Å². The average Bonchev–Trinajstić information content (AvgIpc) is 3.24. The summed E-state index contributed by atoms with van der Waals surface area (Å²) in [6, 6.07) is 4.41. The van der Waals surface area contributed by atoms with E-state index in [0.717, 1.165) is 17.3 Å². The molecule has 1 aromatic rings. The van der Waals surface area contributed by atoms with E-state index in [1.807, 2.05) is 0 Å². The second-order valence-electron chi connectivity index (χ2n) is 10.4. The fourth-order valence-corrected chi connectivity index (χ4v) is 5.68. The number of primary amides is 2. The molecule has 0 spiro atoms. The van der Waals surface area contributed by atoms with Crippen molar-refractivity contribution in [1.29, 1.82) is 0 Å². The second kappa shape index (κ2) is 18.5. The molecule has 1 aromatic carbocycles. The van der Waals surface area contributed by atoms with Crippen molar-refractivity contribution in [3.8, 4) is 5.75 Å². The molecule has 3 atom stereocenters. The number of unbranched alkanes of at least 4 members (excludes halogenated alkanes) is 2. The highest BCUT2D eigenvalue weighted by Gasteiger charge is 2.38. The van der Waals surface area contributed by atoms with Crippen molar-refractivity contribution in [3.63, 3.8) is 0 Å². The van der Waals surface area contributed by atoms with Crippen molar-refractivity contribution in [2.24, 2.45) is 11.5 Å². The van der Waals surface area contributed by atoms with E-state index in [1.54, 1.807) is 19.1 Å². The Hall–Kier alpha value is -4.14. The molecule has 0 bridgehead atoms. The normalized spacial score (nSPS) is 15.8. The van der Waals surface area contributed by atoms with Crippen LogP contribution in [0.1, 0.15) is 63.9 Å². The summed E-state index contributed by atoms with van der Waals surface area (Å²) in [7, 11) is 0. The van der Waals surface area contributed by atoms with Crippen molar-refractivity contribution in [2.45, 2.75) is 82.0 Å². The number of carbonyl (C=O) groups excluding carboxylic acids is 7. The van der Waals surface area contributed by atoms with Gasteiger partial charge in [-0.2, -0.15) is 0 Å². The third-order valence-corrected chi connectivity index (χ3v) is 8.19. The molecule has 1 aliphatic rings. The Balaban J connectivity index is 1.74. The summed E-state index contributed by atoms with van der Waals surface area (Å²) < 4.78 is 0. The number of imide groups is 1. The molecule has 14 nitrogen and oxygen atoms in total. The van der Waals surface area contributed by atoms with E-state index in [0.29, 0.717) is 25.8 Å². The average molecular weight is 635 g/mol. The Bertz CT molecular complexity index is 1190. The van der Waals surface area contributed by atoms with Gasteiger partial charge in [-0.15, -0.1) is 11.8 Å². The number of rotatable bonds is 20.